The molecule has 27 heavy (non-hydrogen) atoms. The van der Waals surface area contributed by atoms with Gasteiger partial charge in [0.2, 0.25) is 0 Å². The van der Waals surface area contributed by atoms with Crippen LogP contribution in [0.4, 0.5) is 0 Å². The number of amides is 1. The number of hydrogen-bond acceptors (Lipinski definition) is 2. The van der Waals surface area contributed by atoms with E-state index in [1.54, 1.807) is 4.90 Å². The molecule has 3 aromatic rings. The molecule has 0 unspecified atom stereocenters. The minimum absolute atomic E-state index is 0.118. The van der Waals surface area contributed by atoms with Crippen LogP contribution >= 0.6 is 0 Å². The number of aromatic nitrogens is 1. The molecule has 0 bridgehead atoms. The van der Waals surface area contributed by atoms with Crippen LogP contribution in [-0.2, 0) is 11.2 Å². The van der Waals surface area contributed by atoms with E-state index in [0.29, 0.717) is 12.2 Å². The van der Waals surface area contributed by atoms with Crippen LogP contribution in [0.1, 0.15) is 34.5 Å². The van der Waals surface area contributed by atoms with Crippen molar-refractivity contribution in [3.63, 3.8) is 0 Å². The zero-order chi connectivity index (χ0) is 19.0. The standard InChI is InChI=1S/C22H22N2O3/c1-2-15-16-10-6-7-11-19(16)23-20(15)21(25)24-12-17(18(13-24)22(26)27)14-8-4-3-5-9-14/h3-11,17-18,23H,2,12-13H2,1H3,(H,26,27)/t17-,18+/m1/s1. The number of carboxylic acid groups (broad SMARTS) is 1. The molecule has 5 nitrogen and oxygen atoms in total. The maximum absolute atomic E-state index is 13.2. The lowest BCUT2D eigenvalue weighted by Gasteiger charge is -2.16. The Hall–Kier alpha value is -3.08. The van der Waals surface area contributed by atoms with Gasteiger partial charge in [0.25, 0.3) is 5.91 Å². The van der Waals surface area contributed by atoms with Gasteiger partial charge in [0, 0.05) is 29.9 Å². The average Bonchev–Trinajstić information content (AvgIpc) is 3.30. The van der Waals surface area contributed by atoms with Crippen molar-refractivity contribution >= 4 is 22.8 Å². The topological polar surface area (TPSA) is 73.4 Å². The predicted molar refractivity (Wildman–Crippen MR) is 104 cm³/mol. The molecule has 1 saturated heterocycles. The molecule has 1 aromatic heterocycles. The first-order chi connectivity index (χ1) is 13.1. The van der Waals surface area contributed by atoms with Gasteiger partial charge in [-0.25, -0.2) is 0 Å². The summed E-state index contributed by atoms with van der Waals surface area (Å²) in [5, 5.41) is 10.7. The summed E-state index contributed by atoms with van der Waals surface area (Å²) in [6.07, 6.45) is 0.739. The van der Waals surface area contributed by atoms with Crippen LogP contribution in [0.3, 0.4) is 0 Å². The molecular weight excluding hydrogens is 340 g/mol. The lowest BCUT2D eigenvalue weighted by atomic mass is 9.89. The molecular formula is C22H22N2O3. The summed E-state index contributed by atoms with van der Waals surface area (Å²) in [5.74, 6) is -1.76. The number of rotatable bonds is 4. The number of H-pyrrole nitrogens is 1. The highest BCUT2D eigenvalue weighted by atomic mass is 16.4. The molecule has 1 aliphatic heterocycles. The van der Waals surface area contributed by atoms with Gasteiger partial charge < -0.3 is 15.0 Å². The molecule has 2 N–H and O–H groups in total. The van der Waals surface area contributed by atoms with Crippen molar-refractivity contribution in [2.45, 2.75) is 19.3 Å². The summed E-state index contributed by atoms with van der Waals surface area (Å²) in [6, 6.07) is 17.5. The second-order valence-electron chi connectivity index (χ2n) is 7.05. The van der Waals surface area contributed by atoms with Crippen molar-refractivity contribution in [3.05, 3.63) is 71.4 Å². The summed E-state index contributed by atoms with van der Waals surface area (Å²) >= 11 is 0. The van der Waals surface area contributed by atoms with Crippen LogP contribution in [0.5, 0.6) is 0 Å². The highest BCUT2D eigenvalue weighted by Gasteiger charge is 2.41. The summed E-state index contributed by atoms with van der Waals surface area (Å²) in [4.78, 5) is 30.0. The Balaban J connectivity index is 1.68. The minimum atomic E-state index is -0.855. The molecule has 1 fully saturated rings. The number of aliphatic carboxylic acids is 1. The van der Waals surface area contributed by atoms with Gasteiger partial charge in [-0.15, -0.1) is 0 Å². The van der Waals surface area contributed by atoms with Crippen LogP contribution in [-0.4, -0.2) is 40.0 Å². The van der Waals surface area contributed by atoms with Gasteiger partial charge in [0.05, 0.1) is 5.92 Å². The number of benzene rings is 2. The first kappa shape index (κ1) is 17.3. The number of nitrogens with one attached hydrogen (secondary N) is 1. The summed E-state index contributed by atoms with van der Waals surface area (Å²) in [6.45, 7) is 2.67. The van der Waals surface area contributed by atoms with E-state index >= 15 is 0 Å². The molecule has 2 heterocycles. The van der Waals surface area contributed by atoms with Gasteiger partial charge in [0.1, 0.15) is 5.69 Å². The Bertz CT molecular complexity index is 993. The van der Waals surface area contributed by atoms with E-state index in [9.17, 15) is 14.7 Å². The zero-order valence-electron chi connectivity index (χ0n) is 15.2. The van der Waals surface area contributed by atoms with Crippen LogP contribution in [0.15, 0.2) is 54.6 Å². The highest BCUT2D eigenvalue weighted by Crippen LogP contribution is 2.34. The number of aryl methyl sites for hydroxylation is 1. The van der Waals surface area contributed by atoms with E-state index in [1.807, 2.05) is 61.5 Å². The first-order valence-electron chi connectivity index (χ1n) is 9.26. The van der Waals surface area contributed by atoms with E-state index < -0.39 is 11.9 Å². The zero-order valence-corrected chi connectivity index (χ0v) is 15.2. The van der Waals surface area contributed by atoms with Gasteiger partial charge in [0.15, 0.2) is 0 Å². The van der Waals surface area contributed by atoms with Crippen molar-refractivity contribution in [3.8, 4) is 0 Å². The number of aromatic amines is 1. The third kappa shape index (κ3) is 2.99. The van der Waals surface area contributed by atoms with Gasteiger partial charge >= 0.3 is 5.97 Å². The van der Waals surface area contributed by atoms with Crippen molar-refractivity contribution in [2.75, 3.05) is 13.1 Å². The van der Waals surface area contributed by atoms with Crippen LogP contribution < -0.4 is 0 Å². The molecule has 5 heteroatoms. The fraction of sp³-hybridized carbons (Fsp3) is 0.273. The second kappa shape index (κ2) is 6.91. The number of para-hydroxylation sites is 1. The summed E-state index contributed by atoms with van der Waals surface area (Å²) < 4.78 is 0. The van der Waals surface area contributed by atoms with Crippen molar-refractivity contribution < 1.29 is 14.7 Å². The van der Waals surface area contributed by atoms with E-state index in [-0.39, 0.29) is 18.4 Å². The van der Waals surface area contributed by atoms with Gasteiger partial charge in [-0.3, -0.25) is 9.59 Å². The molecule has 2 aromatic carbocycles. The fourth-order valence-corrected chi connectivity index (χ4v) is 4.17. The maximum Gasteiger partial charge on any atom is 0.308 e. The van der Waals surface area contributed by atoms with Crippen LogP contribution in [0.25, 0.3) is 10.9 Å². The number of nitrogens with zero attached hydrogens (tertiary/aromatic N) is 1. The number of carbonyl (C=O) groups excluding carboxylic acids is 1. The van der Waals surface area contributed by atoms with Gasteiger partial charge in [-0.1, -0.05) is 55.5 Å². The third-order valence-corrected chi connectivity index (χ3v) is 5.53. The lowest BCUT2D eigenvalue weighted by molar-refractivity contribution is -0.141. The molecule has 1 amide bonds. The lowest BCUT2D eigenvalue weighted by Crippen LogP contribution is -2.30. The Kier molecular flexibility index (Phi) is 4.44. The third-order valence-electron chi connectivity index (χ3n) is 5.53. The van der Waals surface area contributed by atoms with Crippen molar-refractivity contribution in [1.82, 2.24) is 9.88 Å². The molecule has 138 valence electrons. The normalized spacial score (nSPS) is 19.5. The predicted octanol–water partition coefficient (Wildman–Crippen LogP) is 3.67. The Morgan fingerprint density at radius 1 is 1.07 bits per heavy atom. The Labute approximate surface area is 157 Å². The van der Waals surface area contributed by atoms with Crippen molar-refractivity contribution in [1.29, 1.82) is 0 Å². The second-order valence-corrected chi connectivity index (χ2v) is 7.05. The van der Waals surface area contributed by atoms with Crippen molar-refractivity contribution in [2.24, 2.45) is 5.92 Å². The SMILES string of the molecule is CCc1c(C(=O)N2C[C@H](C(=O)O)[C@@H](c3ccccc3)C2)[nH]c2ccccc12. The number of carbonyl (C=O) groups is 2. The van der Waals surface area contributed by atoms with E-state index in [2.05, 4.69) is 4.98 Å². The maximum atomic E-state index is 13.2. The van der Waals surface area contributed by atoms with Gasteiger partial charge in [-0.2, -0.15) is 0 Å². The molecule has 2 atom stereocenters. The van der Waals surface area contributed by atoms with Gasteiger partial charge in [-0.05, 0) is 23.6 Å². The first-order valence-corrected chi connectivity index (χ1v) is 9.26. The monoisotopic (exact) mass is 362 g/mol. The van der Waals surface area contributed by atoms with Crippen LogP contribution in [0.2, 0.25) is 0 Å². The number of carboxylic acids is 1. The average molecular weight is 362 g/mol. The van der Waals surface area contributed by atoms with E-state index in [4.69, 9.17) is 0 Å². The molecule has 0 saturated carbocycles. The molecule has 0 aliphatic carbocycles. The summed E-state index contributed by atoms with van der Waals surface area (Å²) in [7, 11) is 0. The summed E-state index contributed by atoms with van der Waals surface area (Å²) in [5.41, 5.74) is 3.47. The fourth-order valence-electron chi connectivity index (χ4n) is 4.17. The minimum Gasteiger partial charge on any atom is -0.481 e. The smallest absolute Gasteiger partial charge is 0.308 e. The number of fused-ring (bicyclic) bond motifs is 1. The molecule has 0 radical (unpaired) electrons. The van der Waals surface area contributed by atoms with Crippen LogP contribution in [0, 0.1) is 5.92 Å². The largest absolute Gasteiger partial charge is 0.481 e. The molecule has 1 aliphatic rings. The molecule has 0 spiro atoms. The Morgan fingerprint density at radius 2 is 1.78 bits per heavy atom. The highest BCUT2D eigenvalue weighted by molar-refractivity contribution is 6.01. The number of likely N-dealkylation sites (tertiary alicyclic amines) is 1. The number of hydrogen-bond donors (Lipinski definition) is 2. The van der Waals surface area contributed by atoms with E-state index in [0.717, 1.165) is 28.5 Å². The Morgan fingerprint density at radius 3 is 2.48 bits per heavy atom. The van der Waals surface area contributed by atoms with E-state index in [1.165, 1.54) is 0 Å². The molecule has 4 rings (SSSR count). The quantitative estimate of drug-likeness (QED) is 0.744.